The average Bonchev–Trinajstić information content (AvgIpc) is 3.66. The molecule has 6 rings (SSSR count). The van der Waals surface area contributed by atoms with E-state index < -0.39 is 5.97 Å². The van der Waals surface area contributed by atoms with Crippen LogP contribution >= 0.6 is 15.9 Å². The van der Waals surface area contributed by atoms with Gasteiger partial charge in [-0.25, -0.2) is 19.9 Å². The van der Waals surface area contributed by atoms with Gasteiger partial charge < -0.3 is 14.8 Å². The summed E-state index contributed by atoms with van der Waals surface area (Å²) in [4.78, 5) is 20.0. The fraction of sp³-hybridized carbons (Fsp3) is 0.120. The highest BCUT2D eigenvalue weighted by Gasteiger charge is 2.19. The van der Waals surface area contributed by atoms with Crippen molar-refractivity contribution in [1.82, 2.24) is 35.0 Å². The molecule has 0 amide bonds. The third kappa shape index (κ3) is 4.10. The number of carbonyl (C=O) groups is 1. The van der Waals surface area contributed by atoms with E-state index >= 15 is 0 Å². The predicted molar refractivity (Wildman–Crippen MR) is 139 cm³/mol. The Bertz CT molecular complexity index is 1770. The smallest absolute Gasteiger partial charge is 0.356 e. The largest absolute Gasteiger partial charge is 0.476 e. The molecular weight excluding hydrogens is 540 g/mol. The number of tetrazole rings is 1. The van der Waals surface area contributed by atoms with Crippen LogP contribution in [0.15, 0.2) is 63.6 Å². The summed E-state index contributed by atoms with van der Waals surface area (Å²) in [6.07, 6.45) is 2.17. The molecular formula is C25H19BrN8O3. The summed E-state index contributed by atoms with van der Waals surface area (Å²) in [6.45, 7) is 2.48. The Balaban J connectivity index is 1.34. The number of benzene rings is 2. The molecule has 4 aromatic heterocycles. The number of furan rings is 1. The molecule has 0 aliphatic rings. The van der Waals surface area contributed by atoms with Crippen LogP contribution in [0, 0.1) is 0 Å². The SMILES string of the molecule is CCc1cc(NCc2ccc3oc(-c4ccccc4-c4nnn[nH]4)c(Br)c3c2)n2cc(C(=O)O)nc2n1. The molecule has 11 nitrogen and oxygen atoms in total. The minimum Gasteiger partial charge on any atom is -0.476 e. The van der Waals surface area contributed by atoms with Crippen LogP contribution in [0.25, 0.3) is 39.5 Å². The highest BCUT2D eigenvalue weighted by Crippen LogP contribution is 2.41. The number of fused-ring (bicyclic) bond motifs is 2. The molecule has 2 aromatic carbocycles. The van der Waals surface area contributed by atoms with Gasteiger partial charge in [0.2, 0.25) is 5.78 Å². The van der Waals surface area contributed by atoms with Gasteiger partial charge in [0.05, 0.1) is 4.47 Å². The number of aromatic nitrogens is 7. The van der Waals surface area contributed by atoms with Crippen molar-refractivity contribution in [2.24, 2.45) is 0 Å². The number of hydrogen-bond donors (Lipinski definition) is 3. The third-order valence-electron chi connectivity index (χ3n) is 6.01. The van der Waals surface area contributed by atoms with Crippen molar-refractivity contribution in [3.05, 3.63) is 76.2 Å². The van der Waals surface area contributed by atoms with E-state index in [-0.39, 0.29) is 5.69 Å². The molecule has 0 atom stereocenters. The van der Waals surface area contributed by atoms with Gasteiger partial charge in [-0.2, -0.15) is 0 Å². The first-order chi connectivity index (χ1) is 18.0. The Hall–Kier alpha value is -4.58. The number of aromatic amines is 1. The molecule has 0 fully saturated rings. The summed E-state index contributed by atoms with van der Waals surface area (Å²) in [5, 5.41) is 27.9. The number of aryl methyl sites for hydroxylation is 1. The lowest BCUT2D eigenvalue weighted by Gasteiger charge is -2.10. The number of carboxylic acids is 1. The zero-order valence-electron chi connectivity index (χ0n) is 19.4. The van der Waals surface area contributed by atoms with E-state index in [1.54, 1.807) is 4.40 Å². The molecule has 0 aliphatic carbocycles. The summed E-state index contributed by atoms with van der Waals surface area (Å²) in [5.41, 5.74) is 4.18. The fourth-order valence-corrected chi connectivity index (χ4v) is 4.79. The Morgan fingerprint density at radius 1 is 1.16 bits per heavy atom. The number of hydrogen-bond acceptors (Lipinski definition) is 8. The minimum absolute atomic E-state index is 0.0542. The summed E-state index contributed by atoms with van der Waals surface area (Å²) < 4.78 is 8.71. The Morgan fingerprint density at radius 3 is 2.76 bits per heavy atom. The molecule has 0 unspecified atom stereocenters. The van der Waals surface area contributed by atoms with Gasteiger partial charge >= 0.3 is 5.97 Å². The van der Waals surface area contributed by atoms with Crippen LogP contribution in [-0.2, 0) is 13.0 Å². The molecule has 0 saturated heterocycles. The number of carboxylic acid groups (broad SMARTS) is 1. The number of imidazole rings is 1. The van der Waals surface area contributed by atoms with E-state index in [1.807, 2.05) is 55.5 Å². The van der Waals surface area contributed by atoms with E-state index in [9.17, 15) is 9.90 Å². The predicted octanol–water partition coefficient (Wildman–Crippen LogP) is 4.96. The average molecular weight is 559 g/mol. The van der Waals surface area contributed by atoms with Crippen LogP contribution in [0.3, 0.4) is 0 Å². The van der Waals surface area contributed by atoms with Crippen LogP contribution in [0.5, 0.6) is 0 Å². The van der Waals surface area contributed by atoms with Crippen molar-refractivity contribution in [1.29, 1.82) is 0 Å². The molecule has 6 aromatic rings. The van der Waals surface area contributed by atoms with Gasteiger partial charge in [-0.3, -0.25) is 4.40 Å². The normalized spacial score (nSPS) is 11.4. The second-order valence-corrected chi connectivity index (χ2v) is 9.11. The van der Waals surface area contributed by atoms with E-state index in [2.05, 4.69) is 51.8 Å². The Kier molecular flexibility index (Phi) is 5.64. The standard InChI is InChI=1S/C25H19BrN8O3/c1-2-14-10-20(34-12-18(24(35)36)29-25(34)28-14)27-11-13-7-8-19-17(9-13)21(26)22(37-19)15-5-3-4-6-16(15)23-30-32-33-31-23/h3-10,12,27H,2,11H2,1H3,(H,35,36)(H,30,31,32,33). The Morgan fingerprint density at radius 2 is 2.00 bits per heavy atom. The minimum atomic E-state index is -1.10. The number of aromatic carboxylic acids is 1. The van der Waals surface area contributed by atoms with Gasteiger partial charge in [0.15, 0.2) is 11.5 Å². The van der Waals surface area contributed by atoms with Crippen LogP contribution in [0.2, 0.25) is 0 Å². The maximum absolute atomic E-state index is 11.4. The number of H-pyrrole nitrogens is 1. The maximum atomic E-state index is 11.4. The van der Waals surface area contributed by atoms with Crippen molar-refractivity contribution in [3.8, 4) is 22.7 Å². The number of halogens is 1. The number of nitrogens with zero attached hydrogens (tertiary/aromatic N) is 6. The van der Waals surface area contributed by atoms with E-state index in [0.29, 0.717) is 36.1 Å². The van der Waals surface area contributed by atoms with Gasteiger partial charge in [0, 0.05) is 41.0 Å². The fourth-order valence-electron chi connectivity index (χ4n) is 4.19. The van der Waals surface area contributed by atoms with Crippen molar-refractivity contribution in [3.63, 3.8) is 0 Å². The van der Waals surface area contributed by atoms with Crippen LogP contribution in [0.1, 0.15) is 28.7 Å². The van der Waals surface area contributed by atoms with E-state index in [4.69, 9.17) is 4.42 Å². The van der Waals surface area contributed by atoms with E-state index in [0.717, 1.165) is 37.8 Å². The lowest BCUT2D eigenvalue weighted by molar-refractivity contribution is 0.0691. The summed E-state index contributed by atoms with van der Waals surface area (Å²) >= 11 is 3.73. The topological polar surface area (TPSA) is 147 Å². The molecule has 0 spiro atoms. The quantitative estimate of drug-likeness (QED) is 0.247. The molecule has 12 heteroatoms. The lowest BCUT2D eigenvalue weighted by Crippen LogP contribution is -2.06. The zero-order valence-corrected chi connectivity index (χ0v) is 21.0. The molecule has 4 heterocycles. The monoisotopic (exact) mass is 558 g/mol. The van der Waals surface area contributed by atoms with Gasteiger partial charge in [0.1, 0.15) is 17.2 Å². The van der Waals surface area contributed by atoms with Gasteiger partial charge in [-0.05, 0) is 50.5 Å². The number of anilines is 1. The maximum Gasteiger partial charge on any atom is 0.356 e. The van der Waals surface area contributed by atoms with Crippen LogP contribution in [-0.4, -0.2) is 46.1 Å². The van der Waals surface area contributed by atoms with Crippen molar-refractivity contribution in [2.45, 2.75) is 19.9 Å². The first kappa shape index (κ1) is 22.9. The molecule has 0 radical (unpaired) electrons. The molecule has 0 saturated carbocycles. The zero-order chi connectivity index (χ0) is 25.5. The van der Waals surface area contributed by atoms with E-state index in [1.165, 1.54) is 6.20 Å². The summed E-state index contributed by atoms with van der Waals surface area (Å²) in [6, 6.07) is 15.6. The highest BCUT2D eigenvalue weighted by atomic mass is 79.9. The first-order valence-electron chi connectivity index (χ1n) is 11.4. The Labute approximate surface area is 217 Å². The number of nitrogens with one attached hydrogen (secondary N) is 2. The molecule has 37 heavy (non-hydrogen) atoms. The van der Waals surface area contributed by atoms with Gasteiger partial charge in [-0.15, -0.1) is 5.10 Å². The summed E-state index contributed by atoms with van der Waals surface area (Å²) in [5.74, 6) is 1.19. The number of rotatable bonds is 7. The second kappa shape index (κ2) is 9.13. The van der Waals surface area contributed by atoms with Gasteiger partial charge in [0.25, 0.3) is 0 Å². The first-order valence-corrected chi connectivity index (χ1v) is 12.2. The molecule has 0 bridgehead atoms. The molecule has 3 N–H and O–H groups in total. The second-order valence-electron chi connectivity index (χ2n) is 8.31. The third-order valence-corrected chi connectivity index (χ3v) is 6.80. The molecule has 0 aliphatic heterocycles. The van der Waals surface area contributed by atoms with Gasteiger partial charge in [-0.1, -0.05) is 37.3 Å². The van der Waals surface area contributed by atoms with Crippen molar-refractivity contribution >= 4 is 44.5 Å². The summed E-state index contributed by atoms with van der Waals surface area (Å²) in [7, 11) is 0. The van der Waals surface area contributed by atoms with Crippen molar-refractivity contribution in [2.75, 3.05) is 5.32 Å². The highest BCUT2D eigenvalue weighted by molar-refractivity contribution is 9.10. The van der Waals surface area contributed by atoms with Crippen LogP contribution in [0.4, 0.5) is 5.82 Å². The van der Waals surface area contributed by atoms with Crippen LogP contribution < -0.4 is 5.32 Å². The lowest BCUT2D eigenvalue weighted by atomic mass is 10.0. The molecule has 184 valence electrons. The van der Waals surface area contributed by atoms with Crippen molar-refractivity contribution < 1.29 is 14.3 Å².